The molecule has 1 aromatic rings. The van der Waals surface area contributed by atoms with E-state index in [4.69, 9.17) is 16.7 Å². The summed E-state index contributed by atoms with van der Waals surface area (Å²) in [6.07, 6.45) is -0.375. The third-order valence-electron chi connectivity index (χ3n) is 1.52. The summed E-state index contributed by atoms with van der Waals surface area (Å²) >= 11 is 9.25. The molecule has 0 aliphatic heterocycles. The lowest BCUT2D eigenvalue weighted by Crippen LogP contribution is -2.15. The molecule has 0 aromatic heterocycles. The summed E-state index contributed by atoms with van der Waals surface area (Å²) in [5.74, 6) is 0. The van der Waals surface area contributed by atoms with Gasteiger partial charge in [-0.25, -0.2) is 0 Å². The van der Waals surface area contributed by atoms with Crippen molar-refractivity contribution in [2.75, 3.05) is 11.9 Å². The van der Waals surface area contributed by atoms with Crippen LogP contribution in [0.2, 0.25) is 5.02 Å². The van der Waals surface area contributed by atoms with E-state index in [1.165, 1.54) is 0 Å². The lowest BCUT2D eigenvalue weighted by Gasteiger charge is -2.09. The Morgan fingerprint density at radius 1 is 1.62 bits per heavy atom. The van der Waals surface area contributed by atoms with Crippen LogP contribution in [0.5, 0.6) is 0 Å². The maximum atomic E-state index is 9.04. The fraction of sp³-hybridized carbons (Fsp3) is 0.333. The molecule has 0 bridgehead atoms. The molecule has 0 radical (unpaired) electrons. The van der Waals surface area contributed by atoms with Gasteiger partial charge in [0.25, 0.3) is 0 Å². The van der Waals surface area contributed by atoms with E-state index in [9.17, 15) is 0 Å². The Bertz CT molecular complexity index is 291. The summed E-state index contributed by atoms with van der Waals surface area (Å²) in [5, 5.41) is 12.7. The highest BCUT2D eigenvalue weighted by atomic mass is 79.9. The molecule has 0 spiro atoms. The van der Waals surface area contributed by atoms with Crippen molar-refractivity contribution in [3.63, 3.8) is 0 Å². The van der Waals surface area contributed by atoms with Crippen LogP contribution in [-0.4, -0.2) is 17.8 Å². The molecule has 2 N–H and O–H groups in total. The standard InChI is InChI=1S/C9H11BrClNO/c1-6(13)5-12-9-3-2-7(10)4-8(9)11/h2-4,6,12-13H,5H2,1H3/t6-/m0/s1. The van der Waals surface area contributed by atoms with Gasteiger partial charge < -0.3 is 10.4 Å². The predicted octanol–water partition coefficient (Wildman–Crippen LogP) is 2.90. The van der Waals surface area contributed by atoms with Crippen LogP contribution in [0.4, 0.5) is 5.69 Å². The number of aliphatic hydroxyl groups excluding tert-OH is 1. The molecule has 0 unspecified atom stereocenters. The molecule has 0 heterocycles. The summed E-state index contributed by atoms with van der Waals surface area (Å²) in [6.45, 7) is 2.22. The number of aliphatic hydroxyl groups is 1. The number of rotatable bonds is 3. The van der Waals surface area contributed by atoms with Crippen molar-refractivity contribution in [3.8, 4) is 0 Å². The van der Waals surface area contributed by atoms with Crippen molar-refractivity contribution in [1.29, 1.82) is 0 Å². The molecule has 13 heavy (non-hydrogen) atoms. The Balaban J connectivity index is 2.67. The van der Waals surface area contributed by atoms with Gasteiger partial charge in [0.05, 0.1) is 16.8 Å². The average molecular weight is 265 g/mol. The minimum absolute atomic E-state index is 0.375. The second-order valence-corrected chi connectivity index (χ2v) is 4.18. The van der Waals surface area contributed by atoms with Crippen molar-refractivity contribution in [1.82, 2.24) is 0 Å². The van der Waals surface area contributed by atoms with Crippen LogP contribution in [0.3, 0.4) is 0 Å². The molecule has 2 nitrogen and oxygen atoms in total. The first-order valence-corrected chi connectivity index (χ1v) is 5.13. The van der Waals surface area contributed by atoms with Crippen LogP contribution >= 0.6 is 27.5 Å². The summed E-state index contributed by atoms with van der Waals surface area (Å²) in [4.78, 5) is 0. The van der Waals surface area contributed by atoms with Gasteiger partial charge in [0.15, 0.2) is 0 Å². The zero-order chi connectivity index (χ0) is 9.84. The van der Waals surface area contributed by atoms with Crippen molar-refractivity contribution < 1.29 is 5.11 Å². The molecule has 72 valence electrons. The fourth-order valence-electron chi connectivity index (χ4n) is 0.891. The average Bonchev–Trinajstić information content (AvgIpc) is 2.02. The molecule has 0 fully saturated rings. The first-order chi connectivity index (χ1) is 6.09. The summed E-state index contributed by atoms with van der Waals surface area (Å²) in [6, 6.07) is 5.58. The monoisotopic (exact) mass is 263 g/mol. The van der Waals surface area contributed by atoms with Crippen molar-refractivity contribution in [2.45, 2.75) is 13.0 Å². The number of benzene rings is 1. The molecular weight excluding hydrogens is 253 g/mol. The maximum absolute atomic E-state index is 9.04. The number of hydrogen-bond acceptors (Lipinski definition) is 2. The Labute approximate surface area is 91.0 Å². The van der Waals surface area contributed by atoms with Gasteiger partial charge in [-0.15, -0.1) is 0 Å². The third kappa shape index (κ3) is 3.55. The summed E-state index contributed by atoms with van der Waals surface area (Å²) in [5.41, 5.74) is 0.839. The lowest BCUT2D eigenvalue weighted by atomic mass is 10.3. The van der Waals surface area contributed by atoms with E-state index in [2.05, 4.69) is 21.2 Å². The maximum Gasteiger partial charge on any atom is 0.0684 e. The molecule has 1 atom stereocenters. The molecule has 0 saturated heterocycles. The van der Waals surface area contributed by atoms with E-state index in [-0.39, 0.29) is 6.10 Å². The summed E-state index contributed by atoms with van der Waals surface area (Å²) < 4.78 is 0.945. The molecule has 1 rings (SSSR count). The van der Waals surface area contributed by atoms with Crippen LogP contribution in [0.15, 0.2) is 22.7 Å². The van der Waals surface area contributed by atoms with E-state index in [1.807, 2.05) is 18.2 Å². The zero-order valence-corrected chi connectivity index (χ0v) is 9.56. The van der Waals surface area contributed by atoms with Gasteiger partial charge in [0.2, 0.25) is 0 Å². The molecule has 0 amide bonds. The first-order valence-electron chi connectivity index (χ1n) is 3.96. The Morgan fingerprint density at radius 2 is 2.31 bits per heavy atom. The van der Waals surface area contributed by atoms with E-state index in [0.717, 1.165) is 10.2 Å². The zero-order valence-electron chi connectivity index (χ0n) is 7.22. The van der Waals surface area contributed by atoms with Crippen LogP contribution in [0.1, 0.15) is 6.92 Å². The normalized spacial score (nSPS) is 12.6. The van der Waals surface area contributed by atoms with Crippen molar-refractivity contribution in [2.24, 2.45) is 0 Å². The van der Waals surface area contributed by atoms with Gasteiger partial charge in [-0.05, 0) is 25.1 Å². The van der Waals surface area contributed by atoms with Crippen LogP contribution in [-0.2, 0) is 0 Å². The minimum Gasteiger partial charge on any atom is -0.392 e. The van der Waals surface area contributed by atoms with Gasteiger partial charge in [0, 0.05) is 11.0 Å². The van der Waals surface area contributed by atoms with Crippen LogP contribution in [0, 0.1) is 0 Å². The van der Waals surface area contributed by atoms with Gasteiger partial charge in [-0.2, -0.15) is 0 Å². The SMILES string of the molecule is C[C@H](O)CNc1ccc(Br)cc1Cl. The van der Waals surface area contributed by atoms with E-state index >= 15 is 0 Å². The second kappa shape index (κ2) is 4.84. The smallest absolute Gasteiger partial charge is 0.0684 e. The molecular formula is C9H11BrClNO. The largest absolute Gasteiger partial charge is 0.392 e. The van der Waals surface area contributed by atoms with E-state index in [1.54, 1.807) is 6.92 Å². The van der Waals surface area contributed by atoms with Crippen LogP contribution < -0.4 is 5.32 Å². The Kier molecular flexibility index (Phi) is 4.03. The second-order valence-electron chi connectivity index (χ2n) is 2.85. The highest BCUT2D eigenvalue weighted by molar-refractivity contribution is 9.10. The summed E-state index contributed by atoms with van der Waals surface area (Å²) in [7, 11) is 0. The number of nitrogens with one attached hydrogen (secondary N) is 1. The van der Waals surface area contributed by atoms with E-state index in [0.29, 0.717) is 11.6 Å². The lowest BCUT2D eigenvalue weighted by molar-refractivity contribution is 0.208. The topological polar surface area (TPSA) is 32.3 Å². The highest BCUT2D eigenvalue weighted by Crippen LogP contribution is 2.25. The molecule has 4 heteroatoms. The van der Waals surface area contributed by atoms with Crippen molar-refractivity contribution >= 4 is 33.2 Å². The van der Waals surface area contributed by atoms with Gasteiger partial charge in [-0.1, -0.05) is 27.5 Å². The number of halogens is 2. The first kappa shape index (κ1) is 10.8. The number of hydrogen-bond donors (Lipinski definition) is 2. The van der Waals surface area contributed by atoms with Gasteiger partial charge in [0.1, 0.15) is 0 Å². The molecule has 1 aromatic carbocycles. The molecule has 0 saturated carbocycles. The molecule has 0 aliphatic carbocycles. The van der Waals surface area contributed by atoms with Gasteiger partial charge in [-0.3, -0.25) is 0 Å². The quantitative estimate of drug-likeness (QED) is 0.880. The Hall–Kier alpha value is -0.250. The molecule has 0 aliphatic rings. The van der Waals surface area contributed by atoms with E-state index < -0.39 is 0 Å². The predicted molar refractivity (Wildman–Crippen MR) is 59.3 cm³/mol. The Morgan fingerprint density at radius 3 is 2.85 bits per heavy atom. The minimum atomic E-state index is -0.375. The van der Waals surface area contributed by atoms with Gasteiger partial charge >= 0.3 is 0 Å². The fourth-order valence-corrected chi connectivity index (χ4v) is 1.63. The van der Waals surface area contributed by atoms with Crippen molar-refractivity contribution in [3.05, 3.63) is 27.7 Å². The third-order valence-corrected chi connectivity index (χ3v) is 2.33. The number of anilines is 1. The van der Waals surface area contributed by atoms with Crippen LogP contribution in [0.25, 0.3) is 0 Å². The highest BCUT2D eigenvalue weighted by Gasteiger charge is 2.01.